The first-order valence-corrected chi connectivity index (χ1v) is 9.36. The van der Waals surface area contributed by atoms with E-state index in [2.05, 4.69) is 6.92 Å². The number of carbonyl (C=O) groups excluding carboxylic acids is 1. The largest absolute Gasteiger partial charge is 0.331 e. The fraction of sp³-hybridized carbons (Fsp3) is 0.929. The third-order valence-corrected chi connectivity index (χ3v) is 6.75. The Morgan fingerprint density at radius 3 is 2.24 bits per heavy atom. The monoisotopic (exact) mass is 317 g/mol. The van der Waals surface area contributed by atoms with Crippen LogP contribution in [0, 0.1) is 11.8 Å². The third-order valence-electron chi connectivity index (χ3n) is 4.75. The van der Waals surface area contributed by atoms with Crippen molar-refractivity contribution in [1.82, 2.24) is 14.1 Å². The lowest BCUT2D eigenvalue weighted by molar-refractivity contribution is 0.149. The zero-order valence-corrected chi connectivity index (χ0v) is 14.1. The van der Waals surface area contributed by atoms with E-state index in [-0.39, 0.29) is 11.8 Å². The van der Waals surface area contributed by atoms with E-state index in [1.807, 2.05) is 0 Å². The molecule has 0 N–H and O–H groups in total. The van der Waals surface area contributed by atoms with Crippen molar-refractivity contribution >= 4 is 16.1 Å². The molecule has 2 atom stereocenters. The van der Waals surface area contributed by atoms with Crippen LogP contribution < -0.4 is 0 Å². The molecule has 0 unspecified atom stereocenters. The highest BCUT2D eigenvalue weighted by molar-refractivity contribution is 7.89. The number of hydrogen-bond donors (Lipinski definition) is 0. The summed E-state index contributed by atoms with van der Waals surface area (Å²) in [5.74, 6) is 1.09. The van der Waals surface area contributed by atoms with E-state index >= 15 is 0 Å². The standard InChI is InChI=1S/C14H27N3O3S/c1-12-5-4-6-13(12)11-21(19,20)17-9-7-16(8-10-17)14(18)15(2)3/h12-13H,4-11H2,1-3H3/t12-,13+/m1/s1. The van der Waals surface area contributed by atoms with E-state index in [9.17, 15) is 13.2 Å². The minimum atomic E-state index is -3.19. The first-order chi connectivity index (χ1) is 9.81. The summed E-state index contributed by atoms with van der Waals surface area (Å²) in [6.07, 6.45) is 3.32. The van der Waals surface area contributed by atoms with Gasteiger partial charge >= 0.3 is 6.03 Å². The van der Waals surface area contributed by atoms with Crippen molar-refractivity contribution in [3.05, 3.63) is 0 Å². The Morgan fingerprint density at radius 2 is 1.76 bits per heavy atom. The van der Waals surface area contributed by atoms with Gasteiger partial charge in [-0.2, -0.15) is 4.31 Å². The maximum Gasteiger partial charge on any atom is 0.319 e. The Hall–Kier alpha value is -0.820. The van der Waals surface area contributed by atoms with Gasteiger partial charge in [-0.25, -0.2) is 13.2 Å². The lowest BCUT2D eigenvalue weighted by Crippen LogP contribution is -2.53. The molecule has 0 aromatic carbocycles. The van der Waals surface area contributed by atoms with Crippen LogP contribution in [0.3, 0.4) is 0 Å². The van der Waals surface area contributed by atoms with Gasteiger partial charge in [-0.3, -0.25) is 0 Å². The number of amides is 2. The Balaban J connectivity index is 1.90. The van der Waals surface area contributed by atoms with E-state index in [1.54, 1.807) is 23.3 Å². The van der Waals surface area contributed by atoms with Crippen molar-refractivity contribution in [2.75, 3.05) is 46.0 Å². The Bertz CT molecular complexity index is 470. The number of carbonyl (C=O) groups is 1. The molecule has 1 aliphatic carbocycles. The fourth-order valence-electron chi connectivity index (χ4n) is 3.29. The summed E-state index contributed by atoms with van der Waals surface area (Å²) in [6, 6.07) is -0.0449. The molecule has 2 amide bonds. The highest BCUT2D eigenvalue weighted by Crippen LogP contribution is 2.32. The van der Waals surface area contributed by atoms with Gasteiger partial charge in [0.25, 0.3) is 0 Å². The molecule has 0 aromatic rings. The number of nitrogens with zero attached hydrogens (tertiary/aromatic N) is 3. The van der Waals surface area contributed by atoms with Crippen molar-refractivity contribution < 1.29 is 13.2 Å². The van der Waals surface area contributed by atoms with Gasteiger partial charge in [0.1, 0.15) is 0 Å². The number of sulfonamides is 1. The highest BCUT2D eigenvalue weighted by atomic mass is 32.2. The first kappa shape index (κ1) is 16.5. The second kappa shape index (κ2) is 6.52. The normalized spacial score (nSPS) is 27.9. The number of rotatable bonds is 3. The SMILES string of the molecule is C[C@@H]1CCC[C@H]1CS(=O)(=O)N1CCN(C(=O)N(C)C)CC1. The van der Waals surface area contributed by atoms with Gasteiger partial charge in [-0.05, 0) is 18.3 Å². The molecule has 1 heterocycles. The van der Waals surface area contributed by atoms with Gasteiger partial charge in [0.05, 0.1) is 5.75 Å². The van der Waals surface area contributed by atoms with Crippen LogP contribution in [0.1, 0.15) is 26.2 Å². The van der Waals surface area contributed by atoms with Crippen molar-refractivity contribution in [2.24, 2.45) is 11.8 Å². The average molecular weight is 317 g/mol. The van der Waals surface area contributed by atoms with E-state index in [4.69, 9.17) is 0 Å². The Morgan fingerprint density at radius 1 is 1.14 bits per heavy atom. The molecule has 0 radical (unpaired) electrons. The van der Waals surface area contributed by atoms with Crippen molar-refractivity contribution in [1.29, 1.82) is 0 Å². The molecule has 21 heavy (non-hydrogen) atoms. The Labute approximate surface area is 128 Å². The molecule has 1 aliphatic heterocycles. The minimum absolute atomic E-state index is 0.0449. The maximum absolute atomic E-state index is 12.5. The van der Waals surface area contributed by atoms with Gasteiger partial charge in [0, 0.05) is 40.3 Å². The smallest absolute Gasteiger partial charge is 0.319 e. The fourth-order valence-corrected chi connectivity index (χ4v) is 5.25. The molecule has 1 saturated heterocycles. The summed E-state index contributed by atoms with van der Waals surface area (Å²) < 4.78 is 26.6. The second-order valence-corrected chi connectivity index (χ2v) is 8.52. The van der Waals surface area contributed by atoms with Crippen LogP contribution in [0.4, 0.5) is 4.79 Å². The Kier molecular flexibility index (Phi) is 5.14. The molecule has 6 nitrogen and oxygen atoms in total. The van der Waals surface area contributed by atoms with Crippen LogP contribution in [0.5, 0.6) is 0 Å². The molecule has 2 aliphatic rings. The van der Waals surface area contributed by atoms with Crippen molar-refractivity contribution in [2.45, 2.75) is 26.2 Å². The first-order valence-electron chi connectivity index (χ1n) is 7.75. The van der Waals surface area contributed by atoms with E-state index in [0.717, 1.165) is 19.3 Å². The maximum atomic E-state index is 12.5. The topological polar surface area (TPSA) is 60.9 Å². The van der Waals surface area contributed by atoms with Crippen molar-refractivity contribution in [3.63, 3.8) is 0 Å². The van der Waals surface area contributed by atoms with Crippen LogP contribution in [-0.2, 0) is 10.0 Å². The predicted molar refractivity (Wildman–Crippen MR) is 82.5 cm³/mol. The molecule has 122 valence electrons. The lowest BCUT2D eigenvalue weighted by Gasteiger charge is -2.35. The zero-order chi connectivity index (χ0) is 15.6. The van der Waals surface area contributed by atoms with Gasteiger partial charge in [-0.1, -0.05) is 19.8 Å². The quantitative estimate of drug-likeness (QED) is 0.782. The van der Waals surface area contributed by atoms with Crippen LogP contribution >= 0.6 is 0 Å². The average Bonchev–Trinajstić information content (AvgIpc) is 2.83. The molecule has 0 bridgehead atoms. The molecule has 2 rings (SSSR count). The summed E-state index contributed by atoms with van der Waals surface area (Å²) in [6.45, 7) is 3.96. The molecule has 1 saturated carbocycles. The molecule has 0 spiro atoms. The highest BCUT2D eigenvalue weighted by Gasteiger charge is 2.34. The number of piperazine rings is 1. The van der Waals surface area contributed by atoms with E-state index < -0.39 is 10.0 Å². The summed E-state index contributed by atoms with van der Waals surface area (Å²) in [4.78, 5) is 15.1. The van der Waals surface area contributed by atoms with E-state index in [1.165, 1.54) is 4.90 Å². The van der Waals surface area contributed by atoms with Crippen molar-refractivity contribution in [3.8, 4) is 0 Å². The summed E-state index contributed by atoms with van der Waals surface area (Å²) in [7, 11) is 0.243. The molecule has 7 heteroatoms. The summed E-state index contributed by atoms with van der Waals surface area (Å²) >= 11 is 0. The number of urea groups is 1. The van der Waals surface area contributed by atoms with Crippen LogP contribution in [-0.4, -0.2) is 74.6 Å². The molecule has 0 aromatic heterocycles. The van der Waals surface area contributed by atoms with Gasteiger partial charge in [0.15, 0.2) is 0 Å². The lowest BCUT2D eigenvalue weighted by atomic mass is 10.0. The second-order valence-electron chi connectivity index (χ2n) is 6.51. The molecular weight excluding hydrogens is 290 g/mol. The summed E-state index contributed by atoms with van der Waals surface area (Å²) in [5.41, 5.74) is 0. The van der Waals surface area contributed by atoms with Gasteiger partial charge in [-0.15, -0.1) is 0 Å². The third kappa shape index (κ3) is 3.88. The molecular formula is C14H27N3O3S. The predicted octanol–water partition coefficient (Wildman–Crippen LogP) is 1.05. The van der Waals surface area contributed by atoms with Crippen LogP contribution in [0.15, 0.2) is 0 Å². The number of hydrogen-bond acceptors (Lipinski definition) is 3. The van der Waals surface area contributed by atoms with Gasteiger partial charge in [0.2, 0.25) is 10.0 Å². The summed E-state index contributed by atoms with van der Waals surface area (Å²) in [5, 5.41) is 0. The zero-order valence-electron chi connectivity index (χ0n) is 13.3. The van der Waals surface area contributed by atoms with Crippen LogP contribution in [0.2, 0.25) is 0 Å². The minimum Gasteiger partial charge on any atom is -0.331 e. The molecule has 2 fully saturated rings. The van der Waals surface area contributed by atoms with Crippen LogP contribution in [0.25, 0.3) is 0 Å². The van der Waals surface area contributed by atoms with Gasteiger partial charge < -0.3 is 9.80 Å². The van der Waals surface area contributed by atoms with E-state index in [0.29, 0.717) is 38.0 Å².